The molecular formula is C32H41N3O13. The maximum Gasteiger partial charge on any atom is 0.367 e. The van der Waals surface area contributed by atoms with Crippen LogP contribution in [0.2, 0.25) is 0 Å². The summed E-state index contributed by atoms with van der Waals surface area (Å²) in [6.45, 7) is -0.977. The second kappa shape index (κ2) is 17.6. The van der Waals surface area contributed by atoms with E-state index in [1.165, 1.54) is 0 Å². The Balaban J connectivity index is 1.82. The number of aliphatic hydroxyl groups excluding tert-OH is 4. The molecule has 3 rings (SSSR count). The summed E-state index contributed by atoms with van der Waals surface area (Å²) in [4.78, 5) is 60.6. The molecule has 0 aliphatic carbocycles. The van der Waals surface area contributed by atoms with Gasteiger partial charge in [0.05, 0.1) is 24.8 Å². The lowest BCUT2D eigenvalue weighted by atomic mass is 9.84. The van der Waals surface area contributed by atoms with Crippen LogP contribution in [0.5, 0.6) is 0 Å². The third kappa shape index (κ3) is 9.79. The first kappa shape index (κ1) is 38.0. The van der Waals surface area contributed by atoms with Gasteiger partial charge >= 0.3 is 11.9 Å². The van der Waals surface area contributed by atoms with E-state index in [4.69, 9.17) is 14.6 Å². The van der Waals surface area contributed by atoms with Crippen molar-refractivity contribution < 1.29 is 64.1 Å². The molecule has 1 heterocycles. The predicted molar refractivity (Wildman–Crippen MR) is 166 cm³/mol. The van der Waals surface area contributed by atoms with Crippen LogP contribution in [0.15, 0.2) is 54.6 Å². The zero-order chi connectivity index (χ0) is 35.4. The topological polar surface area (TPSA) is 261 Å². The van der Waals surface area contributed by atoms with Gasteiger partial charge in [-0.05, 0) is 36.1 Å². The maximum absolute atomic E-state index is 12.9. The molecule has 0 saturated carbocycles. The number of rotatable bonds is 17. The summed E-state index contributed by atoms with van der Waals surface area (Å²) in [5.74, 6) is -8.32. The molecule has 3 amide bonds. The highest BCUT2D eigenvalue weighted by Gasteiger charge is 2.62. The standard InChI is InChI=1S/C32H41N3O13/c1-18(37)34-25-26(35-23(39)17-36)29(43)32(31(45)46,47-15-7-3-6-10-24(40)41)48-28(25)27(42)22(38)16-33-30(44)21-13-11-20(12-14-21)19-8-4-2-5-9-19/h2,4-5,8-9,11-14,22,25-29,36,38,42-43H,3,6-7,10,15-17H2,1H3,(H,33,44)(H,34,37)(H,35,39)(H,40,41)(H,45,46)/t22-,25-,26-,27-,28-,29+,32-/m1/s1. The molecule has 2 aromatic carbocycles. The molecule has 7 atom stereocenters. The van der Waals surface area contributed by atoms with Gasteiger partial charge in [-0.1, -0.05) is 48.9 Å². The maximum atomic E-state index is 12.9. The fourth-order valence-electron chi connectivity index (χ4n) is 5.29. The SMILES string of the molecule is CC(=O)N[C@@H]1[C@@H](NC(=O)CO)[C@H](O)[C@](OCCCCCC(=O)O)(C(=O)O)O[C@H]1[C@H](O)[C@H](O)CNC(=O)c1ccc(-c2ccccc2)cc1. The van der Waals surface area contributed by atoms with Crippen LogP contribution in [0.25, 0.3) is 11.1 Å². The Labute approximate surface area is 275 Å². The Bertz CT molecular complexity index is 1410. The van der Waals surface area contributed by atoms with Gasteiger partial charge in [0.2, 0.25) is 11.8 Å². The van der Waals surface area contributed by atoms with E-state index >= 15 is 0 Å². The molecule has 9 N–H and O–H groups in total. The van der Waals surface area contributed by atoms with Gasteiger partial charge in [0, 0.05) is 25.5 Å². The third-order valence-corrected chi connectivity index (χ3v) is 7.73. The number of aliphatic hydroxyl groups is 4. The van der Waals surface area contributed by atoms with Crippen LogP contribution in [0.4, 0.5) is 0 Å². The third-order valence-electron chi connectivity index (χ3n) is 7.73. The van der Waals surface area contributed by atoms with Gasteiger partial charge in [-0.15, -0.1) is 0 Å². The van der Waals surface area contributed by atoms with E-state index in [1.54, 1.807) is 24.3 Å². The summed E-state index contributed by atoms with van der Waals surface area (Å²) in [7, 11) is 0. The van der Waals surface area contributed by atoms with Crippen molar-refractivity contribution >= 4 is 29.7 Å². The van der Waals surface area contributed by atoms with E-state index in [0.29, 0.717) is 6.42 Å². The Morgan fingerprint density at radius 1 is 0.896 bits per heavy atom. The van der Waals surface area contributed by atoms with E-state index in [9.17, 15) is 49.5 Å². The highest BCUT2D eigenvalue weighted by atomic mass is 16.7. The molecule has 262 valence electrons. The monoisotopic (exact) mass is 675 g/mol. The zero-order valence-electron chi connectivity index (χ0n) is 26.2. The summed E-state index contributed by atoms with van der Waals surface area (Å²) in [5.41, 5.74) is 2.02. The fraction of sp³-hybridized carbons (Fsp3) is 0.469. The first-order valence-corrected chi connectivity index (χ1v) is 15.2. The molecule has 16 heteroatoms. The number of nitrogens with one attached hydrogen (secondary N) is 3. The van der Waals surface area contributed by atoms with E-state index in [2.05, 4.69) is 16.0 Å². The molecule has 0 bridgehead atoms. The van der Waals surface area contributed by atoms with Crippen molar-refractivity contribution in [3.05, 3.63) is 60.2 Å². The van der Waals surface area contributed by atoms with E-state index in [1.807, 2.05) is 30.3 Å². The highest BCUT2D eigenvalue weighted by molar-refractivity contribution is 5.94. The number of benzene rings is 2. The summed E-state index contributed by atoms with van der Waals surface area (Å²) >= 11 is 0. The lowest BCUT2D eigenvalue weighted by Gasteiger charge is -2.50. The van der Waals surface area contributed by atoms with Crippen LogP contribution < -0.4 is 16.0 Å². The van der Waals surface area contributed by atoms with Crippen molar-refractivity contribution in [2.45, 2.75) is 74.9 Å². The number of carboxylic acids is 2. The summed E-state index contributed by atoms with van der Waals surface area (Å²) < 4.78 is 11.2. The van der Waals surface area contributed by atoms with Gasteiger partial charge in [-0.25, -0.2) is 4.79 Å². The van der Waals surface area contributed by atoms with Gasteiger partial charge in [-0.3, -0.25) is 19.2 Å². The first-order valence-electron chi connectivity index (χ1n) is 15.2. The highest BCUT2D eigenvalue weighted by Crippen LogP contribution is 2.34. The number of ether oxygens (including phenoxy) is 2. The molecule has 2 aromatic rings. The molecule has 1 saturated heterocycles. The molecule has 1 fully saturated rings. The molecule has 0 spiro atoms. The van der Waals surface area contributed by atoms with Gasteiger partial charge in [0.25, 0.3) is 11.7 Å². The van der Waals surface area contributed by atoms with Gasteiger partial charge < -0.3 is 56.1 Å². The van der Waals surface area contributed by atoms with Crippen molar-refractivity contribution in [3.8, 4) is 11.1 Å². The summed E-state index contributed by atoms with van der Waals surface area (Å²) in [6, 6.07) is 12.7. The van der Waals surface area contributed by atoms with Crippen LogP contribution >= 0.6 is 0 Å². The van der Waals surface area contributed by atoms with Gasteiger partial charge in [0.15, 0.2) is 0 Å². The van der Waals surface area contributed by atoms with Crippen LogP contribution in [-0.2, 0) is 28.7 Å². The molecule has 48 heavy (non-hydrogen) atoms. The summed E-state index contributed by atoms with van der Waals surface area (Å²) in [5, 5.41) is 68.8. The number of unbranched alkanes of at least 4 members (excludes halogenated alkanes) is 2. The zero-order valence-corrected chi connectivity index (χ0v) is 26.2. The molecule has 0 radical (unpaired) electrons. The number of hydrogen-bond donors (Lipinski definition) is 9. The molecule has 1 aliphatic heterocycles. The average Bonchev–Trinajstić information content (AvgIpc) is 3.07. The Morgan fingerprint density at radius 3 is 2.12 bits per heavy atom. The van der Waals surface area contributed by atoms with Crippen LogP contribution in [-0.4, -0.2) is 122 Å². The number of aliphatic carboxylic acids is 2. The Morgan fingerprint density at radius 2 is 1.54 bits per heavy atom. The molecular weight excluding hydrogens is 634 g/mol. The number of carbonyl (C=O) groups is 5. The van der Waals surface area contributed by atoms with Crippen LogP contribution in [0, 0.1) is 0 Å². The Hall–Kier alpha value is -4.45. The number of carbonyl (C=O) groups excluding carboxylic acids is 3. The molecule has 1 aliphatic rings. The second-order valence-corrected chi connectivity index (χ2v) is 11.2. The number of carboxylic acid groups (broad SMARTS) is 2. The van der Waals surface area contributed by atoms with Crippen molar-refractivity contribution in [1.82, 2.24) is 16.0 Å². The van der Waals surface area contributed by atoms with Crippen LogP contribution in [0.1, 0.15) is 43.0 Å². The van der Waals surface area contributed by atoms with Gasteiger partial charge in [0.1, 0.15) is 24.9 Å². The average molecular weight is 676 g/mol. The van der Waals surface area contributed by atoms with Crippen molar-refractivity contribution in [2.75, 3.05) is 19.8 Å². The van der Waals surface area contributed by atoms with Crippen molar-refractivity contribution in [3.63, 3.8) is 0 Å². The van der Waals surface area contributed by atoms with E-state index < -0.39 is 85.1 Å². The van der Waals surface area contributed by atoms with Crippen molar-refractivity contribution in [1.29, 1.82) is 0 Å². The lowest BCUT2D eigenvalue weighted by Crippen LogP contribution is -2.77. The van der Waals surface area contributed by atoms with E-state index in [0.717, 1.165) is 18.1 Å². The second-order valence-electron chi connectivity index (χ2n) is 11.2. The van der Waals surface area contributed by atoms with Crippen molar-refractivity contribution in [2.24, 2.45) is 0 Å². The first-order chi connectivity index (χ1) is 22.8. The largest absolute Gasteiger partial charge is 0.481 e. The minimum atomic E-state index is -2.97. The molecule has 0 unspecified atom stereocenters. The smallest absolute Gasteiger partial charge is 0.367 e. The van der Waals surface area contributed by atoms with E-state index in [-0.39, 0.29) is 31.4 Å². The Kier molecular flexibility index (Phi) is 14.0. The summed E-state index contributed by atoms with van der Waals surface area (Å²) in [6.07, 6.45) is -7.46. The van der Waals surface area contributed by atoms with Gasteiger partial charge in [-0.2, -0.15) is 0 Å². The number of amides is 3. The predicted octanol–water partition coefficient (Wildman–Crippen LogP) is -1.01. The quantitative estimate of drug-likeness (QED) is 0.0912. The lowest BCUT2D eigenvalue weighted by molar-refractivity contribution is -0.333. The minimum Gasteiger partial charge on any atom is -0.481 e. The molecule has 16 nitrogen and oxygen atoms in total. The number of hydrogen-bond acceptors (Lipinski definition) is 11. The fourth-order valence-corrected chi connectivity index (χ4v) is 5.29. The minimum absolute atomic E-state index is 0.134. The normalized spacial score (nSPS) is 23.4. The van der Waals surface area contributed by atoms with Crippen LogP contribution in [0.3, 0.4) is 0 Å². The molecule has 0 aromatic heterocycles.